The molecule has 2 unspecified atom stereocenters. The van der Waals surface area contributed by atoms with Gasteiger partial charge in [0.2, 0.25) is 18.4 Å². The topological polar surface area (TPSA) is 24.9 Å². The molecule has 2 atom stereocenters. The highest BCUT2D eigenvalue weighted by molar-refractivity contribution is 6.65. The number of rotatable bonds is 6. The monoisotopic (exact) mass is 252 g/mol. The molecule has 0 radical (unpaired) electrons. The molecular weight excluding hydrogens is 228 g/mol. The molecule has 0 amide bonds. The fourth-order valence-electron chi connectivity index (χ4n) is 0.830. The van der Waals surface area contributed by atoms with Crippen LogP contribution in [0.15, 0.2) is 0 Å². The maximum Gasteiger partial charge on any atom is 0.298 e. The van der Waals surface area contributed by atoms with Crippen molar-refractivity contribution in [1.29, 1.82) is 0 Å². The Labute approximate surface area is 93.3 Å². The van der Waals surface area contributed by atoms with Crippen molar-refractivity contribution in [2.75, 3.05) is 28.2 Å². The Kier molecular flexibility index (Phi) is 7.12. The van der Waals surface area contributed by atoms with Crippen molar-refractivity contribution >= 4 is 27.7 Å². The minimum Gasteiger partial charge on any atom is -0.429 e. The van der Waals surface area contributed by atoms with Crippen LogP contribution in [0.1, 0.15) is 0 Å². The Balaban J connectivity index is 3.80. The third kappa shape index (κ3) is 6.06. The van der Waals surface area contributed by atoms with E-state index in [1.54, 1.807) is 0 Å². The Morgan fingerprint density at radius 2 is 1.00 bits per heavy atom. The van der Waals surface area contributed by atoms with Gasteiger partial charge in [0.15, 0.2) is 0 Å². The third-order valence-corrected chi connectivity index (χ3v) is 11.4. The van der Waals surface area contributed by atoms with Gasteiger partial charge in [0, 0.05) is 0 Å². The molecule has 0 rings (SSSR count). The van der Waals surface area contributed by atoms with Crippen molar-refractivity contribution in [2.24, 2.45) is 0 Å². The molecule has 0 aromatic heterocycles. The van der Waals surface area contributed by atoms with Crippen LogP contribution in [-0.2, 0) is 8.23 Å². The fourth-order valence-corrected chi connectivity index (χ4v) is 8.05. The number of hydrogen-bond acceptors (Lipinski definition) is 4. The summed E-state index contributed by atoms with van der Waals surface area (Å²) in [7, 11) is 4.61. The summed E-state index contributed by atoms with van der Waals surface area (Å²) < 4.78 is 16.2. The zero-order valence-electron chi connectivity index (χ0n) is 10.4. The van der Waals surface area contributed by atoms with Crippen molar-refractivity contribution in [2.45, 2.75) is 19.6 Å². The lowest BCUT2D eigenvalue weighted by Crippen LogP contribution is -2.43. The molecule has 86 valence electrons. The molecule has 0 spiro atoms. The lowest BCUT2D eigenvalue weighted by Gasteiger charge is -2.26. The van der Waals surface area contributed by atoms with Gasteiger partial charge in [-0.2, -0.15) is 0 Å². The highest BCUT2D eigenvalue weighted by Gasteiger charge is 2.18. The van der Waals surface area contributed by atoms with E-state index in [0.717, 1.165) is 0 Å². The maximum atomic E-state index is 5.92. The van der Waals surface area contributed by atoms with Gasteiger partial charge in [-0.15, -0.1) is 0 Å². The summed E-state index contributed by atoms with van der Waals surface area (Å²) in [4.78, 5) is 0. The number of nitrogens with zero attached hydrogens (tertiary/aromatic N) is 2. The van der Waals surface area contributed by atoms with Crippen LogP contribution in [-0.4, -0.2) is 65.0 Å². The van der Waals surface area contributed by atoms with Gasteiger partial charge in [0.25, 0.3) is 9.28 Å². The van der Waals surface area contributed by atoms with Crippen LogP contribution in [0.2, 0.25) is 19.6 Å². The van der Waals surface area contributed by atoms with Crippen molar-refractivity contribution in [3.05, 3.63) is 0 Å². The first-order valence-corrected chi connectivity index (χ1v) is 11.4. The predicted molar refractivity (Wildman–Crippen MR) is 68.6 cm³/mol. The number of hydrogen-bond donors (Lipinski definition) is 0. The van der Waals surface area contributed by atoms with Gasteiger partial charge >= 0.3 is 0 Å². The first kappa shape index (κ1) is 14.5. The van der Waals surface area contributed by atoms with Crippen LogP contribution in [0.4, 0.5) is 0 Å². The van der Waals surface area contributed by atoms with Crippen LogP contribution in [0.5, 0.6) is 0 Å². The second-order valence-corrected chi connectivity index (χ2v) is 11.7. The standard InChI is InChI=1S/C7H24N2O2Si3/c1-8(2)12(5)10-14(7)11-13(6)9(3)4/h12-14H,1-7H3. The second kappa shape index (κ2) is 6.88. The van der Waals surface area contributed by atoms with Crippen LogP contribution in [0.3, 0.4) is 0 Å². The van der Waals surface area contributed by atoms with Gasteiger partial charge in [-0.05, 0) is 47.8 Å². The Morgan fingerprint density at radius 3 is 1.21 bits per heavy atom. The zero-order valence-corrected chi connectivity index (χ0v) is 13.9. The van der Waals surface area contributed by atoms with Crippen molar-refractivity contribution in [3.8, 4) is 0 Å². The van der Waals surface area contributed by atoms with Gasteiger partial charge in [-0.1, -0.05) is 0 Å². The molecule has 0 aromatic rings. The van der Waals surface area contributed by atoms with E-state index in [-0.39, 0.29) is 0 Å². The summed E-state index contributed by atoms with van der Waals surface area (Å²) in [6.45, 7) is 6.50. The molecule has 0 saturated heterocycles. The Bertz CT molecular complexity index is 144. The summed E-state index contributed by atoms with van der Waals surface area (Å²) in [6, 6.07) is 0. The predicted octanol–water partition coefficient (Wildman–Crippen LogP) is -0.306. The molecular formula is C7H24N2O2Si3. The van der Waals surface area contributed by atoms with Gasteiger partial charge in [0.1, 0.15) is 0 Å². The van der Waals surface area contributed by atoms with Gasteiger partial charge < -0.3 is 17.4 Å². The first-order chi connectivity index (χ1) is 6.34. The van der Waals surface area contributed by atoms with Crippen molar-refractivity contribution in [1.82, 2.24) is 9.13 Å². The quantitative estimate of drug-likeness (QED) is 0.606. The van der Waals surface area contributed by atoms with Crippen molar-refractivity contribution < 1.29 is 8.23 Å². The molecule has 14 heavy (non-hydrogen) atoms. The SMILES string of the molecule is CN(C)[SiH](C)O[SiH](C)O[SiH](C)N(C)C. The van der Waals surface area contributed by atoms with Gasteiger partial charge in [-0.3, -0.25) is 0 Å². The summed E-state index contributed by atoms with van der Waals surface area (Å²) in [6.07, 6.45) is 0. The second-order valence-electron chi connectivity index (χ2n) is 3.97. The van der Waals surface area contributed by atoms with E-state index in [1.807, 2.05) is 0 Å². The van der Waals surface area contributed by atoms with E-state index in [4.69, 9.17) is 8.23 Å². The van der Waals surface area contributed by atoms with E-state index < -0.39 is 27.7 Å². The average molecular weight is 253 g/mol. The first-order valence-electron chi connectivity index (χ1n) is 4.98. The minimum atomic E-state index is -1.39. The van der Waals surface area contributed by atoms with Crippen molar-refractivity contribution in [3.63, 3.8) is 0 Å². The molecule has 0 bridgehead atoms. The fraction of sp³-hybridized carbons (Fsp3) is 1.00. The molecule has 0 aliphatic rings. The maximum absolute atomic E-state index is 5.92. The zero-order chi connectivity index (χ0) is 11.3. The van der Waals surface area contributed by atoms with Gasteiger partial charge in [0.05, 0.1) is 0 Å². The van der Waals surface area contributed by atoms with Gasteiger partial charge in [-0.25, -0.2) is 0 Å². The summed E-state index contributed by atoms with van der Waals surface area (Å²) in [5, 5.41) is 0. The molecule has 0 aromatic carbocycles. The minimum absolute atomic E-state index is 1.15. The lowest BCUT2D eigenvalue weighted by atomic mass is 11.3. The molecule has 7 heteroatoms. The van der Waals surface area contributed by atoms with E-state index in [2.05, 4.69) is 57.0 Å². The summed E-state index contributed by atoms with van der Waals surface area (Å²) >= 11 is 0. The van der Waals surface area contributed by atoms with E-state index >= 15 is 0 Å². The third-order valence-electron chi connectivity index (χ3n) is 2.23. The van der Waals surface area contributed by atoms with E-state index in [1.165, 1.54) is 0 Å². The smallest absolute Gasteiger partial charge is 0.298 e. The molecule has 0 aliphatic carbocycles. The van der Waals surface area contributed by atoms with E-state index in [0.29, 0.717) is 0 Å². The van der Waals surface area contributed by atoms with Crippen LogP contribution in [0.25, 0.3) is 0 Å². The molecule has 0 fully saturated rings. The molecule has 0 heterocycles. The molecule has 4 nitrogen and oxygen atoms in total. The molecule has 0 N–H and O–H groups in total. The summed E-state index contributed by atoms with van der Waals surface area (Å²) in [5.41, 5.74) is 0. The highest BCUT2D eigenvalue weighted by Crippen LogP contribution is 1.99. The average Bonchev–Trinajstić information content (AvgIpc) is 2.03. The van der Waals surface area contributed by atoms with Crippen LogP contribution >= 0.6 is 0 Å². The highest BCUT2D eigenvalue weighted by atomic mass is 28.4. The van der Waals surface area contributed by atoms with Crippen LogP contribution in [0, 0.1) is 0 Å². The largest absolute Gasteiger partial charge is 0.429 e. The Hall–Kier alpha value is 0.491. The van der Waals surface area contributed by atoms with Crippen LogP contribution < -0.4 is 0 Å². The lowest BCUT2D eigenvalue weighted by molar-refractivity contribution is 0.381. The Morgan fingerprint density at radius 1 is 0.714 bits per heavy atom. The molecule has 0 saturated carbocycles. The van der Waals surface area contributed by atoms with E-state index in [9.17, 15) is 0 Å². The molecule has 0 aliphatic heterocycles. The normalized spacial score (nSPS) is 18.6. The summed E-state index contributed by atoms with van der Waals surface area (Å²) in [5.74, 6) is 0.